The highest BCUT2D eigenvalue weighted by Crippen LogP contribution is 2.31. The normalized spacial score (nSPS) is 15.2. The molecule has 2 heterocycles. The fourth-order valence-corrected chi connectivity index (χ4v) is 3.59. The van der Waals surface area contributed by atoms with Crippen LogP contribution in [0.4, 0.5) is 17.1 Å². The first-order chi connectivity index (χ1) is 15.8. The van der Waals surface area contributed by atoms with E-state index in [1.807, 2.05) is 0 Å². The predicted octanol–water partition coefficient (Wildman–Crippen LogP) is 3.78. The van der Waals surface area contributed by atoms with Crippen LogP contribution < -0.4 is 10.2 Å². The molecule has 1 atom stereocenters. The second-order valence-corrected chi connectivity index (χ2v) is 7.43. The molecule has 0 saturated carbocycles. The van der Waals surface area contributed by atoms with Crippen LogP contribution in [0.15, 0.2) is 65.1 Å². The highest BCUT2D eigenvalue weighted by molar-refractivity contribution is 6.05. The Balaban J connectivity index is 1.44. The number of anilines is 2. The molecule has 168 valence electrons. The quantitative estimate of drug-likeness (QED) is 0.356. The Morgan fingerprint density at radius 2 is 1.88 bits per heavy atom. The summed E-state index contributed by atoms with van der Waals surface area (Å²) in [5.74, 6) is -1.32. The maximum absolute atomic E-state index is 12.9. The molecule has 1 aromatic heterocycles. The number of non-ortho nitro benzene ring substituents is 1. The van der Waals surface area contributed by atoms with Crippen molar-refractivity contribution in [1.82, 2.24) is 0 Å². The van der Waals surface area contributed by atoms with Gasteiger partial charge in [-0.15, -0.1) is 0 Å². The van der Waals surface area contributed by atoms with E-state index in [2.05, 4.69) is 5.32 Å². The van der Waals surface area contributed by atoms with Crippen LogP contribution in [0.25, 0.3) is 11.3 Å². The van der Waals surface area contributed by atoms with E-state index < -0.39 is 29.4 Å². The number of hydrogen-bond donors (Lipinski definition) is 1. The first-order valence-corrected chi connectivity index (χ1v) is 10.1. The fraction of sp³-hybridized carbons (Fsp3) is 0.174. The third kappa shape index (κ3) is 4.59. The molecule has 33 heavy (non-hydrogen) atoms. The lowest BCUT2D eigenvalue weighted by Gasteiger charge is -2.27. The molecule has 3 aromatic rings. The van der Waals surface area contributed by atoms with E-state index in [4.69, 9.17) is 9.15 Å². The minimum absolute atomic E-state index is 0.0651. The molecule has 0 aliphatic carbocycles. The number of nitro benzene ring substituents is 1. The zero-order valence-electron chi connectivity index (χ0n) is 17.5. The lowest BCUT2D eigenvalue weighted by molar-refractivity contribution is -0.384. The zero-order chi connectivity index (χ0) is 23.5. The number of nitrogens with one attached hydrogen (secondary N) is 1. The molecule has 4 rings (SSSR count). The van der Waals surface area contributed by atoms with Crippen LogP contribution in [0, 0.1) is 10.1 Å². The first-order valence-electron chi connectivity index (χ1n) is 10.1. The molecular formula is C23H19N3O7. The van der Waals surface area contributed by atoms with E-state index in [-0.39, 0.29) is 23.8 Å². The van der Waals surface area contributed by atoms with Gasteiger partial charge in [0.1, 0.15) is 5.76 Å². The first kappa shape index (κ1) is 21.8. The highest BCUT2D eigenvalue weighted by Gasteiger charge is 2.30. The third-order valence-corrected chi connectivity index (χ3v) is 5.12. The summed E-state index contributed by atoms with van der Waals surface area (Å²) in [5, 5.41) is 13.5. The molecular weight excluding hydrogens is 430 g/mol. The summed E-state index contributed by atoms with van der Waals surface area (Å²) >= 11 is 0. The number of fused-ring (bicyclic) bond motifs is 1. The van der Waals surface area contributed by atoms with E-state index in [1.54, 1.807) is 31.2 Å². The number of ether oxygens (including phenoxy) is 1. The summed E-state index contributed by atoms with van der Waals surface area (Å²) in [6.45, 7) is 1.20. The van der Waals surface area contributed by atoms with Gasteiger partial charge in [0.15, 0.2) is 6.61 Å². The maximum atomic E-state index is 12.9. The Hall–Kier alpha value is -4.47. The summed E-state index contributed by atoms with van der Waals surface area (Å²) in [7, 11) is 0. The van der Waals surface area contributed by atoms with Crippen LogP contribution in [0.5, 0.6) is 0 Å². The van der Waals surface area contributed by atoms with Crippen LogP contribution in [0.1, 0.15) is 23.9 Å². The summed E-state index contributed by atoms with van der Waals surface area (Å²) in [6, 6.07) is 15.1. The van der Waals surface area contributed by atoms with Gasteiger partial charge in [-0.1, -0.05) is 12.1 Å². The number of esters is 1. The third-order valence-electron chi connectivity index (χ3n) is 5.12. The van der Waals surface area contributed by atoms with Gasteiger partial charge >= 0.3 is 5.97 Å². The number of nitrogens with zero attached hydrogens (tertiary/aromatic N) is 2. The Labute approximate surface area is 187 Å². The van der Waals surface area contributed by atoms with Gasteiger partial charge in [0.2, 0.25) is 11.7 Å². The second-order valence-electron chi connectivity index (χ2n) is 7.43. The van der Waals surface area contributed by atoms with Crippen LogP contribution in [0.3, 0.4) is 0 Å². The smallest absolute Gasteiger partial charge is 0.374 e. The van der Waals surface area contributed by atoms with Crippen molar-refractivity contribution in [2.24, 2.45) is 0 Å². The van der Waals surface area contributed by atoms with E-state index in [0.29, 0.717) is 22.7 Å². The molecule has 0 spiro atoms. The number of carbonyl (C=O) groups excluding carboxylic acids is 3. The van der Waals surface area contributed by atoms with Crippen molar-refractivity contribution in [3.05, 3.63) is 76.5 Å². The number of furan rings is 1. The second kappa shape index (κ2) is 8.95. The number of carbonyl (C=O) groups is 3. The van der Waals surface area contributed by atoms with Gasteiger partial charge in [-0.2, -0.15) is 0 Å². The largest absolute Gasteiger partial charge is 0.450 e. The highest BCUT2D eigenvalue weighted by atomic mass is 16.6. The Morgan fingerprint density at radius 3 is 2.61 bits per heavy atom. The Bertz CT molecular complexity index is 1230. The van der Waals surface area contributed by atoms with E-state index >= 15 is 0 Å². The molecule has 0 fully saturated rings. The zero-order valence-corrected chi connectivity index (χ0v) is 17.5. The molecule has 2 aromatic carbocycles. The monoisotopic (exact) mass is 449 g/mol. The summed E-state index contributed by atoms with van der Waals surface area (Å²) in [4.78, 5) is 49.1. The molecule has 1 unspecified atom stereocenters. The van der Waals surface area contributed by atoms with Crippen LogP contribution >= 0.6 is 0 Å². The van der Waals surface area contributed by atoms with Crippen molar-refractivity contribution in [1.29, 1.82) is 0 Å². The standard InChI is InChI=1S/C23H19N3O7/c1-14-12-21(27)24-17-4-2-3-5-18(17)25(14)22(28)13-32-23(29)20-11-10-19(33-20)15-6-8-16(9-7-15)26(30)31/h2-11,14H,12-13H2,1H3,(H,24,27). The van der Waals surface area contributed by atoms with Gasteiger partial charge in [-0.05, 0) is 43.3 Å². The van der Waals surface area contributed by atoms with Crippen LogP contribution in [0.2, 0.25) is 0 Å². The molecule has 10 heteroatoms. The van der Waals surface area contributed by atoms with Crippen LogP contribution in [-0.4, -0.2) is 35.4 Å². The number of benzene rings is 2. The summed E-state index contributed by atoms with van der Waals surface area (Å²) < 4.78 is 10.7. The molecule has 0 bridgehead atoms. The Kier molecular flexibility index (Phi) is 5.90. The SMILES string of the molecule is CC1CC(=O)Nc2ccccc2N1C(=O)COC(=O)c1ccc(-c2ccc([N+](=O)[O-])cc2)o1. The molecule has 0 radical (unpaired) electrons. The number of nitro groups is 1. The van der Waals surface area contributed by atoms with E-state index in [9.17, 15) is 24.5 Å². The van der Waals surface area contributed by atoms with E-state index in [0.717, 1.165) is 0 Å². The molecule has 2 amide bonds. The van der Waals surface area contributed by atoms with Gasteiger partial charge in [-0.3, -0.25) is 19.7 Å². The van der Waals surface area contributed by atoms with Gasteiger partial charge < -0.3 is 19.4 Å². The number of hydrogen-bond acceptors (Lipinski definition) is 7. The molecule has 1 N–H and O–H groups in total. The topological polar surface area (TPSA) is 132 Å². The van der Waals surface area contributed by atoms with Gasteiger partial charge in [-0.25, -0.2) is 4.79 Å². The average molecular weight is 449 g/mol. The lowest BCUT2D eigenvalue weighted by atomic mass is 10.1. The lowest BCUT2D eigenvalue weighted by Crippen LogP contribution is -2.41. The molecule has 0 saturated heterocycles. The molecule has 1 aliphatic heterocycles. The van der Waals surface area contributed by atoms with Gasteiger partial charge in [0.05, 0.1) is 16.3 Å². The van der Waals surface area contributed by atoms with Crippen molar-refractivity contribution in [2.45, 2.75) is 19.4 Å². The number of para-hydroxylation sites is 2. The van der Waals surface area contributed by atoms with Gasteiger partial charge in [0, 0.05) is 30.2 Å². The minimum atomic E-state index is -0.832. The number of amides is 2. The van der Waals surface area contributed by atoms with E-state index in [1.165, 1.54) is 41.3 Å². The average Bonchev–Trinajstić information content (AvgIpc) is 3.24. The summed E-state index contributed by atoms with van der Waals surface area (Å²) in [6.07, 6.45) is 0.102. The number of rotatable bonds is 5. The molecule has 1 aliphatic rings. The Morgan fingerprint density at radius 1 is 1.15 bits per heavy atom. The van der Waals surface area contributed by atoms with Crippen molar-refractivity contribution in [3.8, 4) is 11.3 Å². The predicted molar refractivity (Wildman–Crippen MR) is 118 cm³/mol. The van der Waals surface area contributed by atoms with Crippen molar-refractivity contribution >= 4 is 34.8 Å². The maximum Gasteiger partial charge on any atom is 0.374 e. The summed E-state index contributed by atoms with van der Waals surface area (Å²) in [5.41, 5.74) is 1.51. The van der Waals surface area contributed by atoms with Crippen molar-refractivity contribution < 1.29 is 28.5 Å². The fourth-order valence-electron chi connectivity index (χ4n) is 3.59. The minimum Gasteiger partial charge on any atom is -0.450 e. The van der Waals surface area contributed by atoms with Crippen LogP contribution in [-0.2, 0) is 14.3 Å². The van der Waals surface area contributed by atoms with Crippen molar-refractivity contribution in [3.63, 3.8) is 0 Å². The van der Waals surface area contributed by atoms with Gasteiger partial charge in [0.25, 0.3) is 11.6 Å². The van der Waals surface area contributed by atoms with Crippen molar-refractivity contribution in [2.75, 3.05) is 16.8 Å². The molecule has 10 nitrogen and oxygen atoms in total.